The van der Waals surface area contributed by atoms with Gasteiger partial charge in [-0.15, -0.1) is 0 Å². The van der Waals surface area contributed by atoms with E-state index >= 15 is 0 Å². The third kappa shape index (κ3) is 3.76. The molecule has 0 aromatic heterocycles. The largest absolute Gasteiger partial charge is 0.379 e. The molecule has 90 valence electrons. The van der Waals surface area contributed by atoms with Crippen molar-refractivity contribution < 1.29 is 5.11 Å². The Labute approximate surface area is 94.7 Å². The number of aliphatic hydroxyl groups excluding tert-OH is 1. The molecule has 0 aromatic rings. The van der Waals surface area contributed by atoms with Crippen molar-refractivity contribution in [2.24, 2.45) is 5.92 Å². The van der Waals surface area contributed by atoms with Crippen LogP contribution in [0.3, 0.4) is 0 Å². The van der Waals surface area contributed by atoms with Gasteiger partial charge in [0.25, 0.3) is 0 Å². The summed E-state index contributed by atoms with van der Waals surface area (Å²) in [6.45, 7) is 4.14. The highest BCUT2D eigenvalue weighted by Crippen LogP contribution is 2.31. The summed E-state index contributed by atoms with van der Waals surface area (Å²) in [6, 6.07) is 0.616. The van der Waals surface area contributed by atoms with Crippen LogP contribution in [0.2, 0.25) is 0 Å². The fourth-order valence-electron chi connectivity index (χ4n) is 2.80. The maximum absolute atomic E-state index is 9.64. The lowest BCUT2D eigenvalue weighted by atomic mass is 9.80. The lowest BCUT2D eigenvalue weighted by Crippen LogP contribution is -2.44. The first kappa shape index (κ1) is 13.0. The van der Waals surface area contributed by atoms with Gasteiger partial charge in [0.05, 0.1) is 0 Å². The first-order valence-electron chi connectivity index (χ1n) is 6.56. The summed E-state index contributed by atoms with van der Waals surface area (Å²) in [5, 5.41) is 9.64. The first-order chi connectivity index (χ1) is 7.16. The normalized spacial score (nSPS) is 29.4. The van der Waals surface area contributed by atoms with Crippen molar-refractivity contribution in [1.29, 1.82) is 0 Å². The Morgan fingerprint density at radius 1 is 1.33 bits per heavy atom. The zero-order valence-electron chi connectivity index (χ0n) is 10.6. The average Bonchev–Trinajstić information content (AvgIpc) is 2.25. The molecule has 15 heavy (non-hydrogen) atoms. The average molecular weight is 213 g/mol. The maximum Gasteiger partial charge on any atom is 0.104 e. The number of hydrogen-bond acceptors (Lipinski definition) is 2. The molecule has 1 rings (SSSR count). The Morgan fingerprint density at radius 3 is 2.60 bits per heavy atom. The molecular formula is C13H27NO. The molecule has 2 heteroatoms. The van der Waals surface area contributed by atoms with Gasteiger partial charge < -0.3 is 5.11 Å². The van der Waals surface area contributed by atoms with Crippen molar-refractivity contribution in [3.63, 3.8) is 0 Å². The molecule has 0 amide bonds. The predicted octanol–water partition coefficient (Wildman–Crippen LogP) is 3.01. The van der Waals surface area contributed by atoms with E-state index in [2.05, 4.69) is 18.9 Å². The topological polar surface area (TPSA) is 23.5 Å². The van der Waals surface area contributed by atoms with Crippen LogP contribution in [0, 0.1) is 5.92 Å². The quantitative estimate of drug-likeness (QED) is 0.710. The highest BCUT2D eigenvalue weighted by atomic mass is 16.3. The second kappa shape index (κ2) is 6.49. The zero-order chi connectivity index (χ0) is 11.3. The van der Waals surface area contributed by atoms with Crippen LogP contribution in [-0.2, 0) is 0 Å². The second-order valence-corrected chi connectivity index (χ2v) is 5.05. The number of hydrogen-bond donors (Lipinski definition) is 1. The Balaban J connectivity index is 2.49. The number of rotatable bonds is 5. The van der Waals surface area contributed by atoms with Gasteiger partial charge in [-0.3, -0.25) is 4.90 Å². The van der Waals surface area contributed by atoms with Crippen molar-refractivity contribution in [2.45, 2.75) is 71.1 Å². The Morgan fingerprint density at radius 2 is 2.00 bits per heavy atom. The van der Waals surface area contributed by atoms with Gasteiger partial charge in [0.15, 0.2) is 0 Å². The molecule has 2 nitrogen and oxygen atoms in total. The predicted molar refractivity (Wildman–Crippen MR) is 64.7 cm³/mol. The molecule has 1 fully saturated rings. The summed E-state index contributed by atoms with van der Waals surface area (Å²) < 4.78 is 0. The molecule has 0 spiro atoms. The van der Waals surface area contributed by atoms with Gasteiger partial charge in [-0.2, -0.15) is 0 Å². The zero-order valence-corrected chi connectivity index (χ0v) is 10.6. The fourth-order valence-corrected chi connectivity index (χ4v) is 2.80. The summed E-state index contributed by atoms with van der Waals surface area (Å²) in [6.07, 6.45) is 9.05. The van der Waals surface area contributed by atoms with Crippen LogP contribution in [0.15, 0.2) is 0 Å². The van der Waals surface area contributed by atoms with Crippen LogP contribution in [0.1, 0.15) is 58.8 Å². The molecule has 0 bridgehead atoms. The van der Waals surface area contributed by atoms with Crippen molar-refractivity contribution in [2.75, 3.05) is 7.05 Å². The lowest BCUT2D eigenvalue weighted by Gasteiger charge is -2.39. The van der Waals surface area contributed by atoms with E-state index in [0.29, 0.717) is 6.04 Å². The molecule has 3 unspecified atom stereocenters. The summed E-state index contributed by atoms with van der Waals surface area (Å²) in [5.74, 6) is 0.818. The molecule has 1 aliphatic carbocycles. The minimum Gasteiger partial charge on any atom is -0.379 e. The van der Waals surface area contributed by atoms with Gasteiger partial charge in [-0.25, -0.2) is 0 Å². The van der Waals surface area contributed by atoms with Crippen molar-refractivity contribution in [3.05, 3.63) is 0 Å². The molecular weight excluding hydrogens is 186 g/mol. The van der Waals surface area contributed by atoms with E-state index in [1.165, 1.54) is 44.9 Å². The molecule has 0 aliphatic heterocycles. The third-order valence-corrected chi connectivity index (χ3v) is 3.91. The maximum atomic E-state index is 9.64. The molecule has 1 aliphatic rings. The molecule has 0 saturated heterocycles. The molecule has 1 saturated carbocycles. The highest BCUT2D eigenvalue weighted by molar-refractivity contribution is 4.82. The van der Waals surface area contributed by atoms with Gasteiger partial charge in [0.1, 0.15) is 6.23 Å². The monoisotopic (exact) mass is 213 g/mol. The molecule has 3 atom stereocenters. The van der Waals surface area contributed by atoms with Gasteiger partial charge in [0, 0.05) is 6.04 Å². The van der Waals surface area contributed by atoms with E-state index < -0.39 is 0 Å². The Kier molecular flexibility index (Phi) is 5.62. The number of unbranched alkanes of at least 4 members (excludes halogenated alkanes) is 1. The molecule has 0 heterocycles. The Hall–Kier alpha value is -0.0800. The van der Waals surface area contributed by atoms with Crippen LogP contribution in [0.25, 0.3) is 0 Å². The van der Waals surface area contributed by atoms with E-state index in [9.17, 15) is 5.11 Å². The molecule has 1 N–H and O–H groups in total. The second-order valence-electron chi connectivity index (χ2n) is 5.05. The number of aliphatic hydroxyl groups is 1. The van der Waals surface area contributed by atoms with E-state index in [4.69, 9.17) is 0 Å². The van der Waals surface area contributed by atoms with E-state index in [1.807, 2.05) is 6.92 Å². The first-order valence-corrected chi connectivity index (χ1v) is 6.56. The lowest BCUT2D eigenvalue weighted by molar-refractivity contribution is -0.0227. The summed E-state index contributed by atoms with van der Waals surface area (Å²) >= 11 is 0. The van der Waals surface area contributed by atoms with Crippen LogP contribution >= 0.6 is 0 Å². The summed E-state index contributed by atoms with van der Waals surface area (Å²) in [5.41, 5.74) is 0. The number of nitrogens with zero attached hydrogens (tertiary/aromatic N) is 1. The minimum absolute atomic E-state index is 0.294. The van der Waals surface area contributed by atoms with Crippen LogP contribution < -0.4 is 0 Å². The highest BCUT2D eigenvalue weighted by Gasteiger charge is 2.29. The van der Waals surface area contributed by atoms with Gasteiger partial charge in [-0.05, 0) is 39.2 Å². The SMILES string of the molecule is CCCCC1CCCCC1N(C)C(C)O. The van der Waals surface area contributed by atoms with Crippen LogP contribution in [0.4, 0.5) is 0 Å². The summed E-state index contributed by atoms with van der Waals surface area (Å²) in [7, 11) is 2.07. The van der Waals surface area contributed by atoms with Gasteiger partial charge in [0.2, 0.25) is 0 Å². The van der Waals surface area contributed by atoms with Crippen molar-refractivity contribution >= 4 is 0 Å². The summed E-state index contributed by atoms with van der Waals surface area (Å²) in [4.78, 5) is 2.17. The fraction of sp³-hybridized carbons (Fsp3) is 1.00. The van der Waals surface area contributed by atoms with Crippen molar-refractivity contribution in [3.8, 4) is 0 Å². The van der Waals surface area contributed by atoms with Gasteiger partial charge in [-0.1, -0.05) is 32.6 Å². The van der Waals surface area contributed by atoms with E-state index in [-0.39, 0.29) is 6.23 Å². The standard InChI is InChI=1S/C13H27NO/c1-4-5-8-12-9-6-7-10-13(12)14(3)11(2)15/h11-13,15H,4-10H2,1-3H3. The van der Waals surface area contributed by atoms with Gasteiger partial charge >= 0.3 is 0 Å². The molecule has 0 aromatic carbocycles. The molecule has 0 radical (unpaired) electrons. The van der Waals surface area contributed by atoms with Crippen LogP contribution in [0.5, 0.6) is 0 Å². The Bertz CT molecular complexity index is 170. The van der Waals surface area contributed by atoms with E-state index in [0.717, 1.165) is 5.92 Å². The smallest absolute Gasteiger partial charge is 0.104 e. The van der Waals surface area contributed by atoms with E-state index in [1.54, 1.807) is 0 Å². The third-order valence-electron chi connectivity index (χ3n) is 3.91. The van der Waals surface area contributed by atoms with Crippen LogP contribution in [-0.4, -0.2) is 29.3 Å². The minimum atomic E-state index is -0.294. The van der Waals surface area contributed by atoms with Crippen molar-refractivity contribution in [1.82, 2.24) is 4.90 Å².